The van der Waals surface area contributed by atoms with E-state index in [1.807, 2.05) is 49.1 Å². The van der Waals surface area contributed by atoms with Gasteiger partial charge in [0, 0.05) is 24.2 Å². The Balaban J connectivity index is 1.44. The van der Waals surface area contributed by atoms with Crippen LogP contribution in [0.3, 0.4) is 0 Å². The molecule has 0 saturated carbocycles. The molecule has 0 aliphatic carbocycles. The minimum atomic E-state index is -3.53. The highest BCUT2D eigenvalue weighted by Crippen LogP contribution is 2.27. The minimum Gasteiger partial charge on any atom is -0.459 e. The molecule has 1 atom stereocenters. The third-order valence-corrected chi connectivity index (χ3v) is 7.87. The van der Waals surface area contributed by atoms with Crippen LogP contribution >= 0.6 is 0 Å². The number of rotatable bonds is 8. The fourth-order valence-corrected chi connectivity index (χ4v) is 5.67. The first-order valence-corrected chi connectivity index (χ1v) is 12.4. The molecular formula is C24H29N3O4S. The number of hydrogen-bond acceptors (Lipinski definition) is 5. The molecule has 7 nitrogen and oxygen atoms in total. The molecule has 0 spiro atoms. The zero-order valence-electron chi connectivity index (χ0n) is 18.5. The zero-order chi connectivity index (χ0) is 22.7. The fourth-order valence-electron chi connectivity index (χ4n) is 4.11. The summed E-state index contributed by atoms with van der Waals surface area (Å²) in [5, 5.41) is 3.88. The monoisotopic (exact) mass is 455 g/mol. The van der Waals surface area contributed by atoms with E-state index in [4.69, 9.17) is 4.42 Å². The second kappa shape index (κ2) is 9.44. The summed E-state index contributed by atoms with van der Waals surface area (Å²) in [7, 11) is -3.53. The van der Waals surface area contributed by atoms with Crippen molar-refractivity contribution >= 4 is 32.6 Å². The number of benzene rings is 2. The average molecular weight is 456 g/mol. The molecule has 32 heavy (non-hydrogen) atoms. The number of amides is 1. The molecule has 1 fully saturated rings. The van der Waals surface area contributed by atoms with Gasteiger partial charge in [0.15, 0.2) is 0 Å². The maximum atomic E-state index is 12.8. The van der Waals surface area contributed by atoms with Crippen LogP contribution in [0, 0.1) is 0 Å². The van der Waals surface area contributed by atoms with Gasteiger partial charge < -0.3 is 9.73 Å². The van der Waals surface area contributed by atoms with Crippen LogP contribution in [-0.2, 0) is 14.8 Å². The number of likely N-dealkylation sites (N-methyl/N-ethyl adjacent to an activating group) is 1. The van der Waals surface area contributed by atoms with Crippen molar-refractivity contribution < 1.29 is 17.6 Å². The van der Waals surface area contributed by atoms with Crippen molar-refractivity contribution in [1.29, 1.82) is 0 Å². The number of para-hydroxylation sites is 1. The van der Waals surface area contributed by atoms with E-state index < -0.39 is 10.0 Å². The lowest BCUT2D eigenvalue weighted by molar-refractivity contribution is -0.117. The van der Waals surface area contributed by atoms with Gasteiger partial charge >= 0.3 is 0 Å². The van der Waals surface area contributed by atoms with E-state index in [9.17, 15) is 13.2 Å². The molecule has 1 aliphatic rings. The van der Waals surface area contributed by atoms with Crippen LogP contribution < -0.4 is 5.32 Å². The van der Waals surface area contributed by atoms with Gasteiger partial charge in [0.05, 0.1) is 17.5 Å². The van der Waals surface area contributed by atoms with Crippen molar-refractivity contribution in [2.24, 2.45) is 0 Å². The standard InChI is InChI=1S/C24H29N3O4S/c1-3-26(18(2)23-15-19-9-4-5-12-22(19)31-23)17-24(28)25-20-10-8-11-21(16-20)32(29,30)27-13-6-7-14-27/h4-5,8-12,15-16,18H,3,6-7,13-14,17H2,1-2H3,(H,25,28). The van der Waals surface area contributed by atoms with Crippen molar-refractivity contribution in [2.75, 3.05) is 31.5 Å². The number of nitrogens with zero attached hydrogens (tertiary/aromatic N) is 2. The van der Waals surface area contributed by atoms with Crippen LogP contribution in [0.15, 0.2) is 63.9 Å². The molecule has 1 aromatic heterocycles. The van der Waals surface area contributed by atoms with E-state index in [-0.39, 0.29) is 23.4 Å². The summed E-state index contributed by atoms with van der Waals surface area (Å²) in [5.74, 6) is 0.602. The summed E-state index contributed by atoms with van der Waals surface area (Å²) in [6.45, 7) is 5.92. The molecule has 170 valence electrons. The molecule has 8 heteroatoms. The predicted octanol–water partition coefficient (Wildman–Crippen LogP) is 4.24. The molecule has 1 amide bonds. The Morgan fingerprint density at radius 3 is 2.59 bits per heavy atom. The largest absolute Gasteiger partial charge is 0.459 e. The van der Waals surface area contributed by atoms with E-state index in [1.54, 1.807) is 18.2 Å². The van der Waals surface area contributed by atoms with Gasteiger partial charge in [-0.25, -0.2) is 8.42 Å². The Kier molecular flexibility index (Phi) is 6.64. The lowest BCUT2D eigenvalue weighted by Crippen LogP contribution is -2.35. The Labute approximate surface area is 189 Å². The first-order chi connectivity index (χ1) is 15.4. The van der Waals surface area contributed by atoms with Crippen molar-refractivity contribution in [2.45, 2.75) is 37.6 Å². The van der Waals surface area contributed by atoms with Crippen molar-refractivity contribution in [3.05, 3.63) is 60.4 Å². The zero-order valence-corrected chi connectivity index (χ0v) is 19.3. The first kappa shape index (κ1) is 22.5. The highest BCUT2D eigenvalue weighted by molar-refractivity contribution is 7.89. The molecule has 3 aromatic rings. The summed E-state index contributed by atoms with van der Waals surface area (Å²) in [6.07, 6.45) is 1.76. The Morgan fingerprint density at radius 1 is 1.12 bits per heavy atom. The smallest absolute Gasteiger partial charge is 0.243 e. The van der Waals surface area contributed by atoms with Crippen LogP contribution in [-0.4, -0.2) is 49.7 Å². The summed E-state index contributed by atoms with van der Waals surface area (Å²) in [4.78, 5) is 15.0. The van der Waals surface area contributed by atoms with Gasteiger partial charge in [0.25, 0.3) is 0 Å². The minimum absolute atomic E-state index is 0.0833. The molecule has 1 unspecified atom stereocenters. The molecule has 1 N–H and O–H groups in total. The van der Waals surface area contributed by atoms with Gasteiger partial charge in [-0.05, 0) is 56.6 Å². The van der Waals surface area contributed by atoms with Gasteiger partial charge in [-0.15, -0.1) is 0 Å². The summed E-state index contributed by atoms with van der Waals surface area (Å²) in [6, 6.07) is 16.2. The highest BCUT2D eigenvalue weighted by atomic mass is 32.2. The topological polar surface area (TPSA) is 82.9 Å². The van der Waals surface area contributed by atoms with Crippen molar-refractivity contribution in [1.82, 2.24) is 9.21 Å². The van der Waals surface area contributed by atoms with Gasteiger partial charge in [-0.1, -0.05) is 31.2 Å². The third-order valence-electron chi connectivity index (χ3n) is 5.98. The molecule has 1 saturated heterocycles. The molecular weight excluding hydrogens is 426 g/mol. The summed E-state index contributed by atoms with van der Waals surface area (Å²) < 4.78 is 33.1. The Bertz CT molecular complexity index is 1170. The Hall–Kier alpha value is -2.68. The number of carbonyl (C=O) groups is 1. The maximum Gasteiger partial charge on any atom is 0.243 e. The third kappa shape index (κ3) is 4.72. The van der Waals surface area contributed by atoms with Crippen LogP contribution in [0.2, 0.25) is 0 Å². The number of sulfonamides is 1. The lowest BCUT2D eigenvalue weighted by atomic mass is 10.2. The fraction of sp³-hybridized carbons (Fsp3) is 0.375. The van der Waals surface area contributed by atoms with Gasteiger partial charge in [-0.3, -0.25) is 9.69 Å². The van der Waals surface area contributed by atoms with Gasteiger partial charge in [0.1, 0.15) is 11.3 Å². The molecule has 2 aromatic carbocycles. The molecule has 1 aliphatic heterocycles. The number of hydrogen-bond donors (Lipinski definition) is 1. The molecule has 0 radical (unpaired) electrons. The lowest BCUT2D eigenvalue weighted by Gasteiger charge is -2.25. The molecule has 4 rings (SSSR count). The second-order valence-corrected chi connectivity index (χ2v) is 10.1. The van der Waals surface area contributed by atoms with Crippen LogP contribution in [0.25, 0.3) is 11.0 Å². The average Bonchev–Trinajstić information content (AvgIpc) is 3.47. The SMILES string of the molecule is CCN(CC(=O)Nc1cccc(S(=O)(=O)N2CCCC2)c1)C(C)c1cc2ccccc2o1. The summed E-state index contributed by atoms with van der Waals surface area (Å²) in [5.41, 5.74) is 1.30. The Morgan fingerprint density at radius 2 is 1.88 bits per heavy atom. The molecule has 2 heterocycles. The highest BCUT2D eigenvalue weighted by Gasteiger charge is 2.27. The van der Waals surface area contributed by atoms with E-state index in [0.717, 1.165) is 29.6 Å². The number of anilines is 1. The van der Waals surface area contributed by atoms with E-state index in [1.165, 1.54) is 10.4 Å². The molecule has 0 bridgehead atoms. The number of carbonyl (C=O) groups excluding carboxylic acids is 1. The van der Waals surface area contributed by atoms with Crippen LogP contribution in [0.4, 0.5) is 5.69 Å². The number of nitrogens with one attached hydrogen (secondary N) is 1. The van der Waals surface area contributed by atoms with E-state index in [0.29, 0.717) is 25.3 Å². The van der Waals surface area contributed by atoms with Crippen LogP contribution in [0.5, 0.6) is 0 Å². The quantitative estimate of drug-likeness (QED) is 0.549. The van der Waals surface area contributed by atoms with Crippen LogP contribution in [0.1, 0.15) is 38.5 Å². The number of furan rings is 1. The maximum absolute atomic E-state index is 12.8. The predicted molar refractivity (Wildman–Crippen MR) is 125 cm³/mol. The van der Waals surface area contributed by atoms with Crippen molar-refractivity contribution in [3.8, 4) is 0 Å². The first-order valence-electron chi connectivity index (χ1n) is 11.0. The number of fused-ring (bicyclic) bond motifs is 1. The van der Waals surface area contributed by atoms with Crippen molar-refractivity contribution in [3.63, 3.8) is 0 Å². The van der Waals surface area contributed by atoms with Gasteiger partial charge in [0.2, 0.25) is 15.9 Å². The summed E-state index contributed by atoms with van der Waals surface area (Å²) >= 11 is 0. The van der Waals surface area contributed by atoms with Gasteiger partial charge in [-0.2, -0.15) is 4.31 Å². The second-order valence-electron chi connectivity index (χ2n) is 8.11. The van der Waals surface area contributed by atoms with E-state index >= 15 is 0 Å². The normalized spacial score (nSPS) is 16.0. The van der Waals surface area contributed by atoms with E-state index in [2.05, 4.69) is 5.32 Å².